The molecule has 1 saturated heterocycles. The monoisotopic (exact) mass is 405 g/mol. The molecule has 8 nitrogen and oxygen atoms in total. The van der Waals surface area contributed by atoms with Crippen LogP contribution in [0.5, 0.6) is 11.6 Å². The number of aromatic nitrogens is 1. The van der Waals surface area contributed by atoms with Crippen LogP contribution in [0.4, 0.5) is 4.39 Å². The number of ether oxygens (including phenoxy) is 2. The van der Waals surface area contributed by atoms with Gasteiger partial charge in [0.2, 0.25) is 11.5 Å². The van der Waals surface area contributed by atoms with E-state index in [-0.39, 0.29) is 24.7 Å². The molecular weight excluding hydrogens is 381 g/mol. The van der Waals surface area contributed by atoms with Crippen LogP contribution in [0.25, 0.3) is 10.8 Å². The molecule has 9 heteroatoms. The van der Waals surface area contributed by atoms with Crippen molar-refractivity contribution in [2.75, 3.05) is 13.2 Å². The summed E-state index contributed by atoms with van der Waals surface area (Å²) in [6.07, 6.45) is 1.62. The average Bonchev–Trinajstić information content (AvgIpc) is 2.95. The number of benzene rings is 1. The van der Waals surface area contributed by atoms with Crippen molar-refractivity contribution in [1.82, 2.24) is 10.3 Å². The summed E-state index contributed by atoms with van der Waals surface area (Å²) in [4.78, 5) is 27.6. The summed E-state index contributed by atoms with van der Waals surface area (Å²) >= 11 is 0. The van der Waals surface area contributed by atoms with Crippen LogP contribution in [0.3, 0.4) is 0 Å². The second-order valence-corrected chi connectivity index (χ2v) is 7.35. The first-order valence-electron chi connectivity index (χ1n) is 9.36. The number of hydrogen-bond donors (Lipinski definition) is 3. The van der Waals surface area contributed by atoms with E-state index in [2.05, 4.69) is 10.3 Å². The standard InChI is InChI=1S/C20H24FN3O5/c1-11(2)29-16-8-14-12(7-15(16)17(22)26)3-5-23-18(14)28-6-4-13-9-20(21,10-25)19(27)24-13/h3,5,7-8,11,13,25H,4,6,9-10H2,1-2H3,(H2,22,26)(H,24,27)/t13-,20+/m1/s1. The highest BCUT2D eigenvalue weighted by atomic mass is 19.1. The van der Waals surface area contributed by atoms with Crippen LogP contribution in [-0.2, 0) is 4.79 Å². The third-order valence-corrected chi connectivity index (χ3v) is 4.72. The third kappa shape index (κ3) is 4.40. The summed E-state index contributed by atoms with van der Waals surface area (Å²) in [6, 6.07) is 4.58. The van der Waals surface area contributed by atoms with E-state index in [1.54, 1.807) is 24.4 Å². The molecule has 2 aromatic rings. The number of nitrogens with zero attached hydrogens (tertiary/aromatic N) is 1. The van der Waals surface area contributed by atoms with E-state index in [0.29, 0.717) is 28.8 Å². The van der Waals surface area contributed by atoms with Gasteiger partial charge in [-0.05, 0) is 37.4 Å². The number of alkyl halides is 1. The molecule has 1 aliphatic heterocycles. The van der Waals surface area contributed by atoms with Gasteiger partial charge in [0, 0.05) is 30.5 Å². The van der Waals surface area contributed by atoms with Gasteiger partial charge in [0.25, 0.3) is 11.8 Å². The largest absolute Gasteiger partial charge is 0.490 e. The molecule has 156 valence electrons. The number of primary amides is 1. The number of aliphatic hydroxyl groups is 1. The lowest BCUT2D eigenvalue weighted by atomic mass is 10.0. The van der Waals surface area contributed by atoms with Crippen LogP contribution in [0, 0.1) is 0 Å². The Kier molecular flexibility index (Phi) is 5.88. The summed E-state index contributed by atoms with van der Waals surface area (Å²) in [6.45, 7) is 3.00. The lowest BCUT2D eigenvalue weighted by molar-refractivity contribution is -0.131. The number of hydrogen-bond acceptors (Lipinski definition) is 6. The summed E-state index contributed by atoms with van der Waals surface area (Å²) in [7, 11) is 0. The minimum atomic E-state index is -2.24. The first-order valence-corrected chi connectivity index (χ1v) is 9.36. The Hall–Kier alpha value is -2.94. The molecule has 2 atom stereocenters. The van der Waals surface area contributed by atoms with E-state index in [1.165, 1.54) is 0 Å². The first-order chi connectivity index (χ1) is 13.7. The first kappa shape index (κ1) is 20.8. The van der Waals surface area contributed by atoms with E-state index in [9.17, 15) is 14.0 Å². The maximum absolute atomic E-state index is 14.1. The van der Waals surface area contributed by atoms with Crippen molar-refractivity contribution in [2.45, 2.75) is 44.5 Å². The molecule has 0 aliphatic carbocycles. The van der Waals surface area contributed by atoms with Crippen molar-refractivity contribution in [1.29, 1.82) is 0 Å². The molecule has 1 aromatic heterocycles. The Morgan fingerprint density at radius 1 is 1.48 bits per heavy atom. The molecule has 29 heavy (non-hydrogen) atoms. The molecule has 1 aliphatic rings. The van der Waals surface area contributed by atoms with Crippen LogP contribution in [0.2, 0.25) is 0 Å². The molecule has 2 heterocycles. The van der Waals surface area contributed by atoms with E-state index in [0.717, 1.165) is 0 Å². The van der Waals surface area contributed by atoms with Crippen LogP contribution in [0.1, 0.15) is 37.0 Å². The molecule has 2 amide bonds. The summed E-state index contributed by atoms with van der Waals surface area (Å²) in [5, 5.41) is 12.9. The van der Waals surface area contributed by atoms with E-state index in [4.69, 9.17) is 20.3 Å². The Morgan fingerprint density at radius 2 is 2.24 bits per heavy atom. The Labute approximate surface area is 167 Å². The van der Waals surface area contributed by atoms with Crippen LogP contribution < -0.4 is 20.5 Å². The molecule has 0 spiro atoms. The zero-order valence-corrected chi connectivity index (χ0v) is 16.3. The number of nitrogens with one attached hydrogen (secondary N) is 1. The smallest absolute Gasteiger partial charge is 0.260 e. The van der Waals surface area contributed by atoms with Gasteiger partial charge < -0.3 is 25.6 Å². The highest BCUT2D eigenvalue weighted by molar-refractivity contribution is 6.01. The van der Waals surface area contributed by atoms with Crippen molar-refractivity contribution in [3.63, 3.8) is 0 Å². The zero-order chi connectivity index (χ0) is 21.2. The van der Waals surface area contributed by atoms with Gasteiger partial charge in [0.15, 0.2) is 0 Å². The van der Waals surface area contributed by atoms with Gasteiger partial charge in [-0.15, -0.1) is 0 Å². The lowest BCUT2D eigenvalue weighted by Gasteiger charge is -2.16. The molecule has 3 rings (SSSR count). The number of amides is 2. The average molecular weight is 405 g/mol. The Morgan fingerprint density at radius 3 is 2.86 bits per heavy atom. The predicted molar refractivity (Wildman–Crippen MR) is 104 cm³/mol. The molecule has 0 bridgehead atoms. The number of pyridine rings is 1. The van der Waals surface area contributed by atoms with Gasteiger partial charge in [0.05, 0.1) is 24.9 Å². The van der Waals surface area contributed by atoms with Crippen molar-refractivity contribution in [3.8, 4) is 11.6 Å². The fourth-order valence-corrected chi connectivity index (χ4v) is 3.29. The molecule has 1 fully saturated rings. The number of halogens is 1. The number of carbonyl (C=O) groups is 2. The van der Waals surface area contributed by atoms with E-state index in [1.807, 2.05) is 13.8 Å². The number of fused-ring (bicyclic) bond motifs is 1. The van der Waals surface area contributed by atoms with Crippen LogP contribution in [0.15, 0.2) is 24.4 Å². The second-order valence-electron chi connectivity index (χ2n) is 7.35. The van der Waals surface area contributed by atoms with Gasteiger partial charge in [-0.2, -0.15) is 0 Å². The Bertz CT molecular complexity index is 936. The minimum absolute atomic E-state index is 0.108. The van der Waals surface area contributed by atoms with Gasteiger partial charge in [-0.3, -0.25) is 9.59 Å². The van der Waals surface area contributed by atoms with Crippen LogP contribution >= 0.6 is 0 Å². The fraction of sp³-hybridized carbons (Fsp3) is 0.450. The van der Waals surface area contributed by atoms with Crippen molar-refractivity contribution in [3.05, 3.63) is 30.0 Å². The highest BCUT2D eigenvalue weighted by Crippen LogP contribution is 2.32. The van der Waals surface area contributed by atoms with Gasteiger partial charge in [-0.1, -0.05) is 0 Å². The van der Waals surface area contributed by atoms with Crippen molar-refractivity contribution < 1.29 is 28.6 Å². The number of aliphatic hydroxyl groups excluding tert-OH is 1. The zero-order valence-electron chi connectivity index (χ0n) is 16.3. The quantitative estimate of drug-likeness (QED) is 0.611. The third-order valence-electron chi connectivity index (χ3n) is 4.72. The molecular formula is C20H24FN3O5. The van der Waals surface area contributed by atoms with E-state index >= 15 is 0 Å². The van der Waals surface area contributed by atoms with Crippen molar-refractivity contribution >= 4 is 22.6 Å². The number of nitrogens with two attached hydrogens (primary N) is 1. The molecule has 0 saturated carbocycles. The number of carbonyl (C=O) groups excluding carboxylic acids is 2. The molecule has 0 unspecified atom stereocenters. The van der Waals surface area contributed by atoms with Gasteiger partial charge in [0.1, 0.15) is 5.75 Å². The maximum Gasteiger partial charge on any atom is 0.260 e. The van der Waals surface area contributed by atoms with Crippen molar-refractivity contribution in [2.24, 2.45) is 5.73 Å². The van der Waals surface area contributed by atoms with Gasteiger partial charge in [-0.25, -0.2) is 9.37 Å². The summed E-state index contributed by atoms with van der Waals surface area (Å²) in [5.41, 5.74) is 3.49. The lowest BCUT2D eigenvalue weighted by Crippen LogP contribution is -2.37. The predicted octanol–water partition coefficient (Wildman–Crippen LogP) is 1.48. The highest BCUT2D eigenvalue weighted by Gasteiger charge is 2.46. The fourth-order valence-electron chi connectivity index (χ4n) is 3.29. The van der Waals surface area contributed by atoms with Crippen LogP contribution in [-0.4, -0.2) is 52.9 Å². The normalized spacial score (nSPS) is 21.4. The SMILES string of the molecule is CC(C)Oc1cc2c(OCC[C@@H]3C[C@](F)(CO)C(=O)N3)nccc2cc1C(N)=O. The van der Waals surface area contributed by atoms with Gasteiger partial charge >= 0.3 is 0 Å². The minimum Gasteiger partial charge on any atom is -0.490 e. The topological polar surface area (TPSA) is 124 Å². The number of rotatable bonds is 8. The Balaban J connectivity index is 1.77. The molecule has 4 N–H and O–H groups in total. The summed E-state index contributed by atoms with van der Waals surface area (Å²) < 4.78 is 25.6. The maximum atomic E-state index is 14.1. The second kappa shape index (κ2) is 8.20. The van der Waals surface area contributed by atoms with E-state index < -0.39 is 30.1 Å². The summed E-state index contributed by atoms with van der Waals surface area (Å²) in [5.74, 6) is -0.740. The molecule has 0 radical (unpaired) electrons. The molecule has 1 aromatic carbocycles.